The van der Waals surface area contributed by atoms with Crippen LogP contribution in [-0.4, -0.2) is 16.2 Å². The number of aromatic carboxylic acids is 1. The molecular formula is C17H12O4. The van der Waals surface area contributed by atoms with Crippen molar-refractivity contribution in [1.82, 2.24) is 0 Å². The van der Waals surface area contributed by atoms with Gasteiger partial charge in [-0.05, 0) is 48.5 Å². The third-order valence-corrected chi connectivity index (χ3v) is 3.17. The molecular weight excluding hydrogens is 268 g/mol. The van der Waals surface area contributed by atoms with E-state index in [1.165, 1.54) is 0 Å². The average Bonchev–Trinajstić information content (AvgIpc) is 2.98. The fourth-order valence-electron chi connectivity index (χ4n) is 2.05. The topological polar surface area (TPSA) is 70.7 Å². The maximum absolute atomic E-state index is 10.8. The van der Waals surface area contributed by atoms with E-state index in [4.69, 9.17) is 9.52 Å². The van der Waals surface area contributed by atoms with E-state index >= 15 is 0 Å². The number of phenols is 1. The van der Waals surface area contributed by atoms with Crippen molar-refractivity contribution in [3.05, 3.63) is 66.2 Å². The summed E-state index contributed by atoms with van der Waals surface area (Å²) >= 11 is 0. The minimum Gasteiger partial charge on any atom is -0.508 e. The molecule has 1 heterocycles. The lowest BCUT2D eigenvalue weighted by atomic mass is 10.1. The fourth-order valence-corrected chi connectivity index (χ4v) is 2.05. The Labute approximate surface area is 120 Å². The molecule has 0 unspecified atom stereocenters. The first-order chi connectivity index (χ1) is 10.1. The highest BCUT2D eigenvalue weighted by atomic mass is 16.4. The summed E-state index contributed by atoms with van der Waals surface area (Å²) in [6.45, 7) is 0. The molecule has 4 heteroatoms. The molecule has 0 aliphatic rings. The number of carbonyl (C=O) groups is 1. The zero-order chi connectivity index (χ0) is 14.8. The summed E-state index contributed by atoms with van der Waals surface area (Å²) in [5.41, 5.74) is 1.91. The van der Waals surface area contributed by atoms with Crippen LogP contribution >= 0.6 is 0 Å². The summed E-state index contributed by atoms with van der Waals surface area (Å²) < 4.78 is 5.77. The van der Waals surface area contributed by atoms with Crippen molar-refractivity contribution in [2.24, 2.45) is 0 Å². The Bertz CT molecular complexity index is 767. The van der Waals surface area contributed by atoms with Crippen molar-refractivity contribution in [1.29, 1.82) is 0 Å². The third kappa shape index (κ3) is 2.65. The van der Waals surface area contributed by atoms with E-state index < -0.39 is 5.97 Å². The summed E-state index contributed by atoms with van der Waals surface area (Å²) in [7, 11) is 0. The monoisotopic (exact) mass is 280 g/mol. The van der Waals surface area contributed by atoms with Crippen LogP contribution in [0.2, 0.25) is 0 Å². The number of carboxylic acid groups (broad SMARTS) is 1. The summed E-state index contributed by atoms with van der Waals surface area (Å²) in [5.74, 6) is 0.600. The van der Waals surface area contributed by atoms with E-state index in [1.807, 2.05) is 12.1 Å². The Morgan fingerprint density at radius 1 is 0.762 bits per heavy atom. The van der Waals surface area contributed by atoms with Crippen LogP contribution in [0.4, 0.5) is 0 Å². The van der Waals surface area contributed by atoms with Gasteiger partial charge in [0.2, 0.25) is 0 Å². The molecule has 0 aliphatic carbocycles. The molecule has 0 saturated carbocycles. The molecule has 0 saturated heterocycles. The van der Waals surface area contributed by atoms with Crippen LogP contribution in [0.25, 0.3) is 22.6 Å². The van der Waals surface area contributed by atoms with Gasteiger partial charge in [0.05, 0.1) is 5.56 Å². The Morgan fingerprint density at radius 2 is 1.24 bits per heavy atom. The lowest BCUT2D eigenvalue weighted by molar-refractivity contribution is 0.0697. The van der Waals surface area contributed by atoms with Crippen molar-refractivity contribution in [3.8, 4) is 28.4 Å². The molecule has 0 fully saturated rings. The zero-order valence-corrected chi connectivity index (χ0v) is 11.0. The lowest BCUT2D eigenvalue weighted by Crippen LogP contribution is -1.94. The number of furan rings is 1. The van der Waals surface area contributed by atoms with Gasteiger partial charge in [-0.25, -0.2) is 4.79 Å². The Hall–Kier alpha value is -3.01. The molecule has 21 heavy (non-hydrogen) atoms. The lowest BCUT2D eigenvalue weighted by Gasteiger charge is -2.00. The summed E-state index contributed by atoms with van der Waals surface area (Å²) in [5, 5.41) is 18.2. The number of carboxylic acids is 1. The molecule has 0 radical (unpaired) electrons. The van der Waals surface area contributed by atoms with Gasteiger partial charge in [0.25, 0.3) is 0 Å². The van der Waals surface area contributed by atoms with Crippen molar-refractivity contribution >= 4 is 5.97 Å². The van der Waals surface area contributed by atoms with E-state index in [1.54, 1.807) is 48.5 Å². The van der Waals surface area contributed by atoms with Crippen molar-refractivity contribution in [3.63, 3.8) is 0 Å². The van der Waals surface area contributed by atoms with E-state index in [0.29, 0.717) is 11.5 Å². The van der Waals surface area contributed by atoms with Gasteiger partial charge in [0.15, 0.2) is 0 Å². The van der Waals surface area contributed by atoms with Gasteiger partial charge in [0, 0.05) is 11.1 Å². The third-order valence-electron chi connectivity index (χ3n) is 3.17. The summed E-state index contributed by atoms with van der Waals surface area (Å²) in [4.78, 5) is 10.8. The summed E-state index contributed by atoms with van der Waals surface area (Å²) in [6.07, 6.45) is 0. The van der Waals surface area contributed by atoms with E-state index in [9.17, 15) is 9.90 Å². The number of phenolic OH excluding ortho intramolecular Hbond substituents is 1. The standard InChI is InChI=1S/C17H12O4/c18-14-7-5-12(6-8-14)16-10-9-15(21-16)11-1-3-13(4-2-11)17(19)20/h1-10,18H,(H,19,20). The molecule has 0 bridgehead atoms. The normalized spacial score (nSPS) is 10.5. The highest BCUT2D eigenvalue weighted by Gasteiger charge is 2.08. The molecule has 0 spiro atoms. The van der Waals surface area contributed by atoms with Crippen LogP contribution in [-0.2, 0) is 0 Å². The second kappa shape index (κ2) is 5.17. The molecule has 3 aromatic rings. The molecule has 2 N–H and O–H groups in total. The first-order valence-corrected chi connectivity index (χ1v) is 6.36. The van der Waals surface area contributed by atoms with E-state index in [2.05, 4.69) is 0 Å². The second-order valence-electron chi connectivity index (χ2n) is 4.59. The maximum Gasteiger partial charge on any atom is 0.335 e. The number of benzene rings is 2. The fraction of sp³-hybridized carbons (Fsp3) is 0. The van der Waals surface area contributed by atoms with Crippen LogP contribution < -0.4 is 0 Å². The molecule has 1 aromatic heterocycles. The van der Waals surface area contributed by atoms with Gasteiger partial charge >= 0.3 is 5.97 Å². The van der Waals surface area contributed by atoms with Crippen molar-refractivity contribution in [2.45, 2.75) is 0 Å². The largest absolute Gasteiger partial charge is 0.508 e. The number of hydrogen-bond acceptors (Lipinski definition) is 3. The predicted molar refractivity (Wildman–Crippen MR) is 78.2 cm³/mol. The van der Waals surface area contributed by atoms with Crippen molar-refractivity contribution < 1.29 is 19.4 Å². The Balaban J connectivity index is 1.90. The van der Waals surface area contributed by atoms with Crippen LogP contribution in [0.15, 0.2) is 65.1 Å². The predicted octanol–water partition coefficient (Wildman–Crippen LogP) is 4.02. The van der Waals surface area contributed by atoms with Gasteiger partial charge in [-0.3, -0.25) is 0 Å². The van der Waals surface area contributed by atoms with E-state index in [0.717, 1.165) is 11.1 Å². The molecule has 4 nitrogen and oxygen atoms in total. The van der Waals surface area contributed by atoms with Gasteiger partial charge in [-0.15, -0.1) is 0 Å². The van der Waals surface area contributed by atoms with Gasteiger partial charge < -0.3 is 14.6 Å². The van der Waals surface area contributed by atoms with Gasteiger partial charge in [-0.1, -0.05) is 12.1 Å². The van der Waals surface area contributed by atoms with Crippen LogP contribution in [0.5, 0.6) is 5.75 Å². The Morgan fingerprint density at radius 3 is 1.71 bits per heavy atom. The first kappa shape index (κ1) is 13.0. The molecule has 0 amide bonds. The quantitative estimate of drug-likeness (QED) is 0.760. The van der Waals surface area contributed by atoms with Gasteiger partial charge in [0.1, 0.15) is 17.3 Å². The molecule has 2 aromatic carbocycles. The molecule has 104 valence electrons. The molecule has 0 atom stereocenters. The van der Waals surface area contributed by atoms with E-state index in [-0.39, 0.29) is 11.3 Å². The zero-order valence-electron chi connectivity index (χ0n) is 11.0. The first-order valence-electron chi connectivity index (χ1n) is 6.36. The second-order valence-corrected chi connectivity index (χ2v) is 4.59. The van der Waals surface area contributed by atoms with Crippen LogP contribution in [0.3, 0.4) is 0 Å². The molecule has 0 aliphatic heterocycles. The minimum absolute atomic E-state index is 0.204. The van der Waals surface area contributed by atoms with Crippen LogP contribution in [0.1, 0.15) is 10.4 Å². The minimum atomic E-state index is -0.953. The molecule has 3 rings (SSSR count). The SMILES string of the molecule is O=C(O)c1ccc(-c2ccc(-c3ccc(O)cc3)o2)cc1. The summed E-state index contributed by atoms with van der Waals surface area (Å²) in [6, 6.07) is 16.9. The van der Waals surface area contributed by atoms with Gasteiger partial charge in [-0.2, -0.15) is 0 Å². The highest BCUT2D eigenvalue weighted by Crippen LogP contribution is 2.29. The smallest absolute Gasteiger partial charge is 0.335 e. The maximum atomic E-state index is 10.8. The number of hydrogen-bond donors (Lipinski definition) is 2. The Kier molecular flexibility index (Phi) is 3.20. The number of aromatic hydroxyl groups is 1. The van der Waals surface area contributed by atoms with Crippen molar-refractivity contribution in [2.75, 3.05) is 0 Å². The highest BCUT2D eigenvalue weighted by molar-refractivity contribution is 5.88. The number of rotatable bonds is 3. The average molecular weight is 280 g/mol. The van der Waals surface area contributed by atoms with Crippen LogP contribution in [0, 0.1) is 0 Å².